The summed E-state index contributed by atoms with van der Waals surface area (Å²) in [5, 5.41) is 2.84. The molecule has 2 aromatic carbocycles. The van der Waals surface area contributed by atoms with E-state index in [1.807, 2.05) is 54.6 Å². The van der Waals surface area contributed by atoms with Crippen LogP contribution in [0.4, 0.5) is 5.82 Å². The molecular formula is C26H27N4O4+. The number of aromatic nitrogens is 1. The third-order valence-electron chi connectivity index (χ3n) is 4.91. The van der Waals surface area contributed by atoms with Crippen LogP contribution in [0, 0.1) is 0 Å². The summed E-state index contributed by atoms with van der Waals surface area (Å²) in [6.45, 7) is 2.31. The Kier molecular flexibility index (Phi) is 8.51. The largest absolute Gasteiger partial charge is 0.495 e. The maximum absolute atomic E-state index is 12.6. The first-order valence-corrected chi connectivity index (χ1v) is 10.7. The van der Waals surface area contributed by atoms with Gasteiger partial charge in [-0.3, -0.25) is 4.79 Å². The number of nitrogens with zero attached hydrogens (tertiary/aromatic N) is 1. The Hall–Kier alpha value is -4.46. The third-order valence-corrected chi connectivity index (χ3v) is 4.91. The molecule has 0 saturated heterocycles. The van der Waals surface area contributed by atoms with Crippen LogP contribution in [0.15, 0.2) is 78.6 Å². The monoisotopic (exact) mass is 459 g/mol. The van der Waals surface area contributed by atoms with Crippen LogP contribution in [0.3, 0.4) is 0 Å². The predicted octanol–water partition coefficient (Wildman–Crippen LogP) is 1.88. The van der Waals surface area contributed by atoms with Gasteiger partial charge in [0.1, 0.15) is 17.5 Å². The van der Waals surface area contributed by atoms with Crippen LogP contribution in [0.1, 0.15) is 22.8 Å². The Balaban J connectivity index is 1.62. The molecule has 1 aromatic heterocycles. The van der Waals surface area contributed by atoms with Gasteiger partial charge in [0.25, 0.3) is 5.91 Å². The van der Waals surface area contributed by atoms with Crippen molar-refractivity contribution in [1.29, 1.82) is 0 Å². The Labute approximate surface area is 198 Å². The fourth-order valence-electron chi connectivity index (χ4n) is 3.12. The smallest absolute Gasteiger partial charge is 0.345 e. The summed E-state index contributed by atoms with van der Waals surface area (Å²) < 4.78 is 10.2. The summed E-state index contributed by atoms with van der Waals surface area (Å²) in [5.74, 6) is -0.210. The Morgan fingerprint density at radius 1 is 1.09 bits per heavy atom. The number of rotatable bonds is 9. The zero-order chi connectivity index (χ0) is 24.3. The summed E-state index contributed by atoms with van der Waals surface area (Å²) in [6.07, 6.45) is 3.97. The average Bonchev–Trinajstić information content (AvgIpc) is 2.88. The Morgan fingerprint density at radius 3 is 2.44 bits per heavy atom. The van der Waals surface area contributed by atoms with E-state index < -0.39 is 5.97 Å². The first-order valence-electron chi connectivity index (χ1n) is 10.7. The second kappa shape index (κ2) is 12.0. The Morgan fingerprint density at radius 2 is 1.79 bits per heavy atom. The molecule has 0 radical (unpaired) electrons. The number of hydrogen-bond acceptors (Lipinski definition) is 6. The number of benzene rings is 2. The lowest BCUT2D eigenvalue weighted by molar-refractivity contribution is -0.352. The molecule has 3 aromatic rings. The van der Waals surface area contributed by atoms with Crippen LogP contribution in [-0.2, 0) is 16.1 Å². The normalized spacial score (nSPS) is 11.3. The van der Waals surface area contributed by atoms with Gasteiger partial charge < -0.3 is 20.5 Å². The molecule has 4 N–H and O–H groups in total. The number of ether oxygens (including phenoxy) is 2. The lowest BCUT2D eigenvalue weighted by Crippen LogP contribution is -2.63. The highest BCUT2D eigenvalue weighted by Crippen LogP contribution is 2.20. The second-order valence-electron chi connectivity index (χ2n) is 7.15. The highest BCUT2D eigenvalue weighted by molar-refractivity contribution is 6.10. The van der Waals surface area contributed by atoms with E-state index in [0.717, 1.165) is 16.7 Å². The first-order chi connectivity index (χ1) is 16.5. The highest BCUT2D eigenvalue weighted by atomic mass is 16.5. The number of pyridine rings is 1. The van der Waals surface area contributed by atoms with Crippen molar-refractivity contribution in [3.8, 4) is 16.9 Å². The van der Waals surface area contributed by atoms with Crippen LogP contribution >= 0.6 is 0 Å². The second-order valence-corrected chi connectivity index (χ2v) is 7.15. The average molecular weight is 460 g/mol. The molecule has 1 amide bonds. The first kappa shape index (κ1) is 24.2. The zero-order valence-corrected chi connectivity index (χ0v) is 19.1. The fraction of sp³-hybridized carbons (Fsp3) is 0.154. The quantitative estimate of drug-likeness (QED) is 0.256. The molecule has 0 spiro atoms. The van der Waals surface area contributed by atoms with E-state index in [4.69, 9.17) is 15.2 Å². The number of carbonyl (C=O) groups excluding carboxylic acids is 2. The van der Waals surface area contributed by atoms with Gasteiger partial charge in [-0.15, -0.1) is 0 Å². The standard InChI is InChI=1S/C26H26N4O4/c1-3-34-26(32)22-17-29-24(13-23(22)33-2)28-16-21(14-27)25(31)30-15-18-9-11-20(12-10-18)19-7-5-4-6-8-19/h4-14,16-17H,3,15,27H2,1-2H3,(H,30,31)/p+1/b21-14+,28-16?. The molecule has 0 aliphatic carbocycles. The summed E-state index contributed by atoms with van der Waals surface area (Å²) in [6, 6.07) is 19.6. The van der Waals surface area contributed by atoms with Gasteiger partial charge in [0, 0.05) is 12.7 Å². The minimum absolute atomic E-state index is 0.209. The Bertz CT molecular complexity index is 1190. The van der Waals surface area contributed by atoms with E-state index in [2.05, 4.69) is 15.3 Å². The van der Waals surface area contributed by atoms with E-state index in [1.165, 1.54) is 31.8 Å². The van der Waals surface area contributed by atoms with Crippen LogP contribution in [0.5, 0.6) is 5.75 Å². The van der Waals surface area contributed by atoms with E-state index in [-0.39, 0.29) is 23.7 Å². The minimum Gasteiger partial charge on any atom is -0.495 e. The van der Waals surface area contributed by atoms with Crippen LogP contribution < -0.4 is 20.8 Å². The van der Waals surface area contributed by atoms with E-state index >= 15 is 0 Å². The van der Waals surface area contributed by atoms with Crippen molar-refractivity contribution in [3.05, 3.63) is 89.8 Å². The molecular weight excluding hydrogens is 432 g/mol. The molecule has 0 unspecified atom stereocenters. The molecule has 1 heterocycles. The molecule has 3 rings (SSSR count). The molecule has 0 saturated carbocycles. The lowest BCUT2D eigenvalue weighted by atomic mass is 10.0. The summed E-state index contributed by atoms with van der Waals surface area (Å²) in [4.78, 5) is 31.6. The molecule has 8 nitrogen and oxygen atoms in total. The van der Waals surface area contributed by atoms with Gasteiger partial charge in [-0.2, -0.15) is 0 Å². The van der Waals surface area contributed by atoms with E-state index in [9.17, 15) is 9.59 Å². The summed E-state index contributed by atoms with van der Waals surface area (Å²) in [5.41, 5.74) is 9.26. The van der Waals surface area contributed by atoms with Crippen molar-refractivity contribution >= 4 is 23.9 Å². The minimum atomic E-state index is -0.527. The number of carbonyl (C=O) groups is 2. The zero-order valence-electron chi connectivity index (χ0n) is 19.1. The van der Waals surface area contributed by atoms with Crippen molar-refractivity contribution < 1.29 is 24.1 Å². The topological polar surface area (TPSA) is 118 Å². The van der Waals surface area contributed by atoms with Crippen molar-refractivity contribution in [2.45, 2.75) is 13.5 Å². The number of nitrogens with two attached hydrogens (primary N) is 1. The van der Waals surface area contributed by atoms with Gasteiger partial charge in [-0.25, -0.2) is 9.79 Å². The number of nitrogens with one attached hydrogen (secondary N) is 2. The maximum Gasteiger partial charge on any atom is 0.345 e. The summed E-state index contributed by atoms with van der Waals surface area (Å²) >= 11 is 0. The fourth-order valence-corrected chi connectivity index (χ4v) is 3.12. The van der Waals surface area contributed by atoms with Gasteiger partial charge in [0.2, 0.25) is 0 Å². The number of amides is 1. The molecule has 174 valence electrons. The molecule has 0 bridgehead atoms. The summed E-state index contributed by atoms with van der Waals surface area (Å²) in [7, 11) is 1.44. The SMILES string of the molecule is CCOC(=O)c1cnc([NH+]=C/C(=C\N)C(=O)NCc2ccc(-c3ccccc3)cc2)cc1OC. The van der Waals surface area contributed by atoms with Gasteiger partial charge >= 0.3 is 11.8 Å². The maximum atomic E-state index is 12.6. The van der Waals surface area contributed by atoms with Gasteiger partial charge in [0.15, 0.2) is 6.20 Å². The van der Waals surface area contributed by atoms with Crippen molar-refractivity contribution in [2.75, 3.05) is 13.7 Å². The molecule has 8 heteroatoms. The number of hydrogen-bond donors (Lipinski definition) is 3. The van der Waals surface area contributed by atoms with Crippen molar-refractivity contribution in [1.82, 2.24) is 10.3 Å². The van der Waals surface area contributed by atoms with Crippen molar-refractivity contribution in [3.63, 3.8) is 0 Å². The predicted molar refractivity (Wildman–Crippen MR) is 129 cm³/mol. The van der Waals surface area contributed by atoms with E-state index in [0.29, 0.717) is 18.1 Å². The lowest BCUT2D eigenvalue weighted by Gasteiger charge is -2.07. The van der Waals surface area contributed by atoms with Crippen molar-refractivity contribution in [2.24, 2.45) is 5.73 Å². The van der Waals surface area contributed by atoms with Crippen LogP contribution in [-0.4, -0.2) is 36.8 Å². The highest BCUT2D eigenvalue weighted by Gasteiger charge is 2.18. The van der Waals surface area contributed by atoms with Gasteiger partial charge in [0.05, 0.1) is 25.4 Å². The molecule has 0 atom stereocenters. The van der Waals surface area contributed by atoms with E-state index in [1.54, 1.807) is 6.92 Å². The molecule has 34 heavy (non-hydrogen) atoms. The van der Waals surface area contributed by atoms with Gasteiger partial charge in [-0.05, 0) is 28.6 Å². The molecule has 0 aliphatic heterocycles. The van der Waals surface area contributed by atoms with Crippen LogP contribution in [0.2, 0.25) is 0 Å². The third kappa shape index (κ3) is 6.29. The van der Waals surface area contributed by atoms with Gasteiger partial charge in [-0.1, -0.05) is 54.6 Å². The molecule has 0 fully saturated rings. The number of methoxy groups -OCH3 is 1. The number of esters is 1. The van der Waals surface area contributed by atoms with Crippen LogP contribution in [0.25, 0.3) is 11.1 Å². The molecule has 0 aliphatic rings.